The van der Waals surface area contributed by atoms with Crippen molar-refractivity contribution in [3.05, 3.63) is 63.7 Å². The summed E-state index contributed by atoms with van der Waals surface area (Å²) in [6.45, 7) is 7.91. The van der Waals surface area contributed by atoms with Gasteiger partial charge in [-0.15, -0.1) is 0 Å². The van der Waals surface area contributed by atoms with Crippen LogP contribution in [0.4, 0.5) is 13.2 Å². The number of piperidine rings is 1. The smallest absolute Gasteiger partial charge is 0.341 e. The van der Waals surface area contributed by atoms with Crippen molar-refractivity contribution in [1.82, 2.24) is 4.90 Å². The molecule has 0 spiro atoms. The Morgan fingerprint density at radius 3 is 2.42 bits per heavy atom. The number of hydrogen-bond donors (Lipinski definition) is 0. The van der Waals surface area contributed by atoms with Gasteiger partial charge in [0.15, 0.2) is 0 Å². The van der Waals surface area contributed by atoms with E-state index in [4.69, 9.17) is 21.1 Å². The van der Waals surface area contributed by atoms with Crippen molar-refractivity contribution < 1.29 is 27.4 Å². The lowest BCUT2D eigenvalue weighted by atomic mass is 9.92. The first kappa shape index (κ1) is 26.8. The van der Waals surface area contributed by atoms with E-state index in [9.17, 15) is 13.6 Å². The average Bonchev–Trinajstić information content (AvgIpc) is 3.62. The largest absolute Gasteiger partial charge is 0.490 e. The third kappa shape index (κ3) is 6.35. The van der Waals surface area contributed by atoms with E-state index >= 15 is 4.39 Å². The Hall–Kier alpha value is -2.25. The average molecular weight is 524 g/mol. The van der Waals surface area contributed by atoms with Crippen molar-refractivity contribution in [2.45, 2.75) is 76.6 Å². The number of rotatable bonds is 7. The molecule has 1 saturated heterocycles. The molecule has 0 radical (unpaired) electrons. The van der Waals surface area contributed by atoms with Crippen LogP contribution in [0.15, 0.2) is 30.3 Å². The van der Waals surface area contributed by atoms with Gasteiger partial charge in [0, 0.05) is 30.2 Å². The van der Waals surface area contributed by atoms with Crippen LogP contribution in [-0.4, -0.2) is 41.8 Å². The minimum absolute atomic E-state index is 0.0838. The summed E-state index contributed by atoms with van der Waals surface area (Å²) in [7, 11) is 0. The summed E-state index contributed by atoms with van der Waals surface area (Å²) in [5.74, 6) is -1.40. The Morgan fingerprint density at radius 2 is 1.83 bits per heavy atom. The maximum absolute atomic E-state index is 15.7. The first-order valence-electron chi connectivity index (χ1n) is 12.4. The van der Waals surface area contributed by atoms with Crippen molar-refractivity contribution in [2.75, 3.05) is 19.7 Å². The highest BCUT2D eigenvalue weighted by Gasteiger charge is 2.38. The topological polar surface area (TPSA) is 38.8 Å². The van der Waals surface area contributed by atoms with Gasteiger partial charge in [-0.3, -0.25) is 4.90 Å². The van der Waals surface area contributed by atoms with Gasteiger partial charge in [-0.25, -0.2) is 18.0 Å². The van der Waals surface area contributed by atoms with Crippen LogP contribution in [0.25, 0.3) is 0 Å². The van der Waals surface area contributed by atoms with Gasteiger partial charge in [-0.2, -0.15) is 0 Å². The number of hydrogen-bond acceptors (Lipinski definition) is 4. The molecule has 36 heavy (non-hydrogen) atoms. The lowest BCUT2D eigenvalue weighted by molar-refractivity contribution is 0.00498. The Morgan fingerprint density at radius 1 is 1.17 bits per heavy atom. The molecular formula is C28H33ClF3NO3. The molecule has 1 heterocycles. The number of benzene rings is 2. The van der Waals surface area contributed by atoms with Gasteiger partial charge in [0.05, 0.1) is 5.56 Å². The third-order valence-electron chi connectivity index (χ3n) is 6.88. The zero-order chi connectivity index (χ0) is 26.3. The number of nitrogens with zero attached hydrogens (tertiary/aromatic N) is 1. The van der Waals surface area contributed by atoms with Crippen molar-refractivity contribution in [1.29, 1.82) is 0 Å². The second kappa shape index (κ2) is 10.3. The highest BCUT2D eigenvalue weighted by atomic mass is 35.5. The lowest BCUT2D eigenvalue weighted by Crippen LogP contribution is -2.45. The van der Waals surface area contributed by atoms with E-state index in [1.165, 1.54) is 24.3 Å². The number of halogens is 4. The van der Waals surface area contributed by atoms with Gasteiger partial charge >= 0.3 is 5.97 Å². The Balaban J connectivity index is 1.41. The molecule has 4 rings (SSSR count). The molecule has 2 aromatic rings. The second-order valence-corrected chi connectivity index (χ2v) is 11.4. The molecule has 2 aromatic carbocycles. The summed E-state index contributed by atoms with van der Waals surface area (Å²) in [6, 6.07) is 6.92. The normalized spacial score (nSPS) is 19.1. The third-order valence-corrected chi connectivity index (χ3v) is 7.20. The molecule has 8 heteroatoms. The van der Waals surface area contributed by atoms with Gasteiger partial charge in [-0.05, 0) is 88.6 Å². The van der Waals surface area contributed by atoms with E-state index in [2.05, 4.69) is 4.90 Å². The van der Waals surface area contributed by atoms with E-state index in [-0.39, 0.29) is 42.7 Å². The molecule has 0 bridgehead atoms. The van der Waals surface area contributed by atoms with Crippen molar-refractivity contribution in [3.63, 3.8) is 0 Å². The second-order valence-electron chi connectivity index (χ2n) is 11.0. The zero-order valence-electron chi connectivity index (χ0n) is 21.2. The molecule has 0 amide bonds. The first-order valence-corrected chi connectivity index (χ1v) is 12.8. The standard InChI is InChI=1S/C28H33ClF3NO3/c1-17(20-8-7-19(30)13-23(20)29)33-11-9-28(32,10-12-33)16-35-25-15-24(31)22(14-21(25)18-5-6-18)26(34)36-27(2,3)4/h7-8,13-15,17-18H,5-6,9-12,16H2,1-4H3. The fourth-order valence-corrected chi connectivity index (χ4v) is 4.93. The van der Waals surface area contributed by atoms with E-state index < -0.39 is 28.9 Å². The molecule has 1 unspecified atom stereocenters. The minimum Gasteiger partial charge on any atom is -0.490 e. The molecule has 1 saturated carbocycles. The van der Waals surface area contributed by atoms with Crippen LogP contribution in [0.5, 0.6) is 5.75 Å². The van der Waals surface area contributed by atoms with Crippen LogP contribution in [0.3, 0.4) is 0 Å². The Kier molecular flexibility index (Phi) is 7.63. The molecule has 2 fully saturated rings. The SMILES string of the molecule is CC(c1ccc(F)cc1Cl)N1CCC(F)(COc2cc(F)c(C(=O)OC(C)(C)C)cc2C2CC2)CC1. The molecule has 196 valence electrons. The quantitative estimate of drug-likeness (QED) is 0.354. The number of carbonyl (C=O) groups is 1. The summed E-state index contributed by atoms with van der Waals surface area (Å²) < 4.78 is 55.1. The summed E-state index contributed by atoms with van der Waals surface area (Å²) in [5, 5.41) is 0.354. The Labute approximate surface area is 215 Å². The van der Waals surface area contributed by atoms with E-state index in [0.717, 1.165) is 24.0 Å². The molecule has 0 aromatic heterocycles. The summed E-state index contributed by atoms with van der Waals surface area (Å²) in [5.41, 5.74) is -0.916. The molecule has 2 aliphatic rings. The van der Waals surface area contributed by atoms with Crippen molar-refractivity contribution in [3.8, 4) is 5.75 Å². The molecular weight excluding hydrogens is 491 g/mol. The van der Waals surface area contributed by atoms with E-state index in [1.54, 1.807) is 26.8 Å². The number of carbonyl (C=O) groups excluding carboxylic acids is 1. The predicted molar refractivity (Wildman–Crippen MR) is 134 cm³/mol. The molecule has 4 nitrogen and oxygen atoms in total. The zero-order valence-corrected chi connectivity index (χ0v) is 21.9. The van der Waals surface area contributed by atoms with Gasteiger partial charge in [0.25, 0.3) is 0 Å². The number of likely N-dealkylation sites (tertiary alicyclic amines) is 1. The van der Waals surface area contributed by atoms with Crippen LogP contribution in [0, 0.1) is 11.6 Å². The molecule has 1 aliphatic heterocycles. The highest BCUT2D eigenvalue weighted by molar-refractivity contribution is 6.31. The first-order chi connectivity index (χ1) is 16.8. The van der Waals surface area contributed by atoms with Gasteiger partial charge < -0.3 is 9.47 Å². The van der Waals surface area contributed by atoms with Crippen LogP contribution in [-0.2, 0) is 4.74 Å². The minimum atomic E-state index is -1.57. The van der Waals surface area contributed by atoms with Crippen LogP contribution in [0.1, 0.15) is 86.8 Å². The lowest BCUT2D eigenvalue weighted by Gasteiger charge is -2.39. The van der Waals surface area contributed by atoms with E-state index in [0.29, 0.717) is 18.1 Å². The molecule has 0 N–H and O–H groups in total. The summed E-state index contributed by atoms with van der Waals surface area (Å²) >= 11 is 6.22. The maximum atomic E-state index is 15.7. The summed E-state index contributed by atoms with van der Waals surface area (Å²) in [4.78, 5) is 14.6. The fraction of sp³-hybridized carbons (Fsp3) is 0.536. The van der Waals surface area contributed by atoms with Crippen LogP contribution < -0.4 is 4.74 Å². The van der Waals surface area contributed by atoms with Crippen LogP contribution in [0.2, 0.25) is 5.02 Å². The number of alkyl halides is 1. The molecule has 1 aliphatic carbocycles. The maximum Gasteiger partial charge on any atom is 0.341 e. The van der Waals surface area contributed by atoms with E-state index in [1.807, 2.05) is 6.92 Å². The summed E-state index contributed by atoms with van der Waals surface area (Å²) in [6.07, 6.45) is 2.31. The Bertz CT molecular complexity index is 1120. The van der Waals surface area contributed by atoms with Gasteiger partial charge in [0.1, 0.15) is 35.3 Å². The van der Waals surface area contributed by atoms with Crippen LogP contribution >= 0.6 is 11.6 Å². The monoisotopic (exact) mass is 523 g/mol. The van der Waals surface area contributed by atoms with Gasteiger partial charge in [-0.1, -0.05) is 17.7 Å². The number of ether oxygens (including phenoxy) is 2. The molecule has 1 atom stereocenters. The predicted octanol–water partition coefficient (Wildman–Crippen LogP) is 7.40. The highest BCUT2D eigenvalue weighted by Crippen LogP contribution is 2.46. The van der Waals surface area contributed by atoms with Crippen molar-refractivity contribution in [2.24, 2.45) is 0 Å². The van der Waals surface area contributed by atoms with Gasteiger partial charge in [0.2, 0.25) is 0 Å². The fourth-order valence-electron chi connectivity index (χ4n) is 4.60. The number of esters is 1. The van der Waals surface area contributed by atoms with Crippen molar-refractivity contribution >= 4 is 17.6 Å².